The number of primary amides is 1. The normalized spacial score (nSPS) is 15.5. The predicted molar refractivity (Wildman–Crippen MR) is 193 cm³/mol. The average Bonchev–Trinajstić information content (AvgIpc) is 3.55. The molecule has 0 aromatic heterocycles. The lowest BCUT2D eigenvalue weighted by atomic mass is 9.64. The van der Waals surface area contributed by atoms with E-state index in [1.165, 1.54) is 62.8 Å². The van der Waals surface area contributed by atoms with Crippen LogP contribution in [-0.2, 0) is 30.4 Å². The highest BCUT2D eigenvalue weighted by Gasteiger charge is 2.49. The Morgan fingerprint density at radius 1 is 0.735 bits per heavy atom. The van der Waals surface area contributed by atoms with Crippen molar-refractivity contribution < 1.29 is 30.7 Å². The molecule has 264 valence electrons. The molecule has 5 N–H and O–H groups in total. The number of carbonyl (C=O) groups is 1. The highest BCUT2D eigenvalue weighted by Crippen LogP contribution is 2.43. The molecule has 4 aromatic carbocycles. The van der Waals surface area contributed by atoms with E-state index < -0.39 is 35.4 Å². The monoisotopic (exact) mass is 709 g/mol. The van der Waals surface area contributed by atoms with Gasteiger partial charge in [0, 0.05) is 17.3 Å². The SMILES string of the molecule is CNCCCCCCCCN1CC[C@@H](C(C(N)=O)(c2ccccc2)c2ccccc2)C1.O=S(=O)(O)c1cccc2c(S(=O)(=O)O)cccc12. The Hall–Kier alpha value is -3.65. The smallest absolute Gasteiger partial charge is 0.295 e. The Kier molecular flexibility index (Phi) is 13.5. The van der Waals surface area contributed by atoms with Crippen molar-refractivity contribution in [3.8, 4) is 0 Å². The molecule has 12 heteroatoms. The first-order valence-electron chi connectivity index (χ1n) is 16.6. The highest BCUT2D eigenvalue weighted by atomic mass is 32.2. The Labute approximate surface area is 290 Å². The van der Waals surface area contributed by atoms with Crippen LogP contribution in [0.25, 0.3) is 10.8 Å². The van der Waals surface area contributed by atoms with Crippen molar-refractivity contribution in [1.29, 1.82) is 0 Å². The topological polar surface area (TPSA) is 167 Å². The number of carbonyl (C=O) groups excluding carboxylic acids is 1. The first-order valence-corrected chi connectivity index (χ1v) is 19.5. The van der Waals surface area contributed by atoms with Crippen LogP contribution in [0.3, 0.4) is 0 Å². The molecule has 5 rings (SSSR count). The zero-order valence-electron chi connectivity index (χ0n) is 27.9. The molecule has 1 saturated heterocycles. The number of unbranched alkanes of at least 4 members (excludes halogenated alkanes) is 5. The van der Waals surface area contributed by atoms with E-state index in [2.05, 4.69) is 34.5 Å². The summed E-state index contributed by atoms with van der Waals surface area (Å²) in [5, 5.41) is 3.26. The van der Waals surface area contributed by atoms with E-state index in [0.29, 0.717) is 0 Å². The summed E-state index contributed by atoms with van der Waals surface area (Å²) >= 11 is 0. The number of fused-ring (bicyclic) bond motifs is 1. The third kappa shape index (κ3) is 9.53. The number of nitrogens with one attached hydrogen (secondary N) is 1. The van der Waals surface area contributed by atoms with Crippen LogP contribution in [0.4, 0.5) is 0 Å². The molecule has 4 aromatic rings. The van der Waals surface area contributed by atoms with Gasteiger partial charge in [-0.1, -0.05) is 111 Å². The van der Waals surface area contributed by atoms with Crippen molar-refractivity contribution in [3.63, 3.8) is 0 Å². The summed E-state index contributed by atoms with van der Waals surface area (Å²) in [4.78, 5) is 14.8. The summed E-state index contributed by atoms with van der Waals surface area (Å²) in [5.41, 5.74) is 7.45. The van der Waals surface area contributed by atoms with E-state index in [1.807, 2.05) is 43.4 Å². The van der Waals surface area contributed by atoms with Crippen LogP contribution in [-0.4, -0.2) is 70.0 Å². The zero-order chi connectivity index (χ0) is 35.5. The fourth-order valence-corrected chi connectivity index (χ4v) is 8.37. The number of benzene rings is 4. The quantitative estimate of drug-likeness (QED) is 0.0898. The van der Waals surface area contributed by atoms with Crippen LogP contribution >= 0.6 is 0 Å². The summed E-state index contributed by atoms with van der Waals surface area (Å²) in [6.07, 6.45) is 8.77. The summed E-state index contributed by atoms with van der Waals surface area (Å²) in [7, 11) is -6.92. The van der Waals surface area contributed by atoms with Crippen LogP contribution in [0.1, 0.15) is 56.1 Å². The van der Waals surface area contributed by atoms with E-state index in [1.54, 1.807) is 0 Å². The summed E-state index contributed by atoms with van der Waals surface area (Å²) in [6.45, 7) is 4.21. The number of hydrogen-bond acceptors (Lipinski definition) is 7. The van der Waals surface area contributed by atoms with Crippen molar-refractivity contribution in [2.75, 3.05) is 33.2 Å². The van der Waals surface area contributed by atoms with Crippen LogP contribution in [0, 0.1) is 5.92 Å². The van der Waals surface area contributed by atoms with Crippen LogP contribution in [0.2, 0.25) is 0 Å². The van der Waals surface area contributed by atoms with Gasteiger partial charge in [0.25, 0.3) is 20.2 Å². The molecule has 0 radical (unpaired) electrons. The van der Waals surface area contributed by atoms with Gasteiger partial charge in [-0.3, -0.25) is 13.9 Å². The molecule has 1 amide bonds. The molecule has 1 aliphatic heterocycles. The first kappa shape index (κ1) is 38.2. The second-order valence-electron chi connectivity index (χ2n) is 12.5. The van der Waals surface area contributed by atoms with Crippen molar-refractivity contribution in [2.24, 2.45) is 11.7 Å². The van der Waals surface area contributed by atoms with Gasteiger partial charge in [0.05, 0.1) is 0 Å². The van der Waals surface area contributed by atoms with Crippen LogP contribution < -0.4 is 11.1 Å². The van der Waals surface area contributed by atoms with E-state index in [4.69, 9.17) is 14.8 Å². The molecule has 49 heavy (non-hydrogen) atoms. The summed E-state index contributed by atoms with van der Waals surface area (Å²) in [5.74, 6) is -0.0466. The number of nitrogens with two attached hydrogens (primary N) is 1. The van der Waals surface area contributed by atoms with E-state index in [9.17, 15) is 21.6 Å². The maximum Gasteiger partial charge on any atom is 0.295 e. The maximum atomic E-state index is 13.1. The third-order valence-corrected chi connectivity index (χ3v) is 11.1. The van der Waals surface area contributed by atoms with Gasteiger partial charge in [-0.05, 0) is 75.1 Å². The number of likely N-dealkylation sites (tertiary alicyclic amines) is 1. The molecule has 0 spiro atoms. The van der Waals surface area contributed by atoms with Crippen LogP contribution in [0.15, 0.2) is 107 Å². The van der Waals surface area contributed by atoms with Crippen molar-refractivity contribution >= 4 is 36.9 Å². The Morgan fingerprint density at radius 2 is 1.20 bits per heavy atom. The van der Waals surface area contributed by atoms with Gasteiger partial charge in [0.15, 0.2) is 0 Å². The minimum atomic E-state index is -4.47. The van der Waals surface area contributed by atoms with Crippen molar-refractivity contribution in [1.82, 2.24) is 10.2 Å². The van der Waals surface area contributed by atoms with Gasteiger partial charge in [-0.15, -0.1) is 0 Å². The highest BCUT2D eigenvalue weighted by molar-refractivity contribution is 7.86. The van der Waals surface area contributed by atoms with E-state index >= 15 is 0 Å². The van der Waals surface area contributed by atoms with Gasteiger partial charge < -0.3 is 16.0 Å². The molecule has 1 atom stereocenters. The Balaban J connectivity index is 0.000000254. The molecular formula is C37H47N3O7S2. The van der Waals surface area contributed by atoms with Gasteiger partial charge >= 0.3 is 0 Å². The molecule has 0 aliphatic carbocycles. The number of hydrogen-bond donors (Lipinski definition) is 4. The van der Waals surface area contributed by atoms with Gasteiger partial charge in [-0.2, -0.15) is 16.8 Å². The standard InChI is InChI=1S/C27H39N3O.C10H8O6S2/c1-29-19-12-4-2-3-5-13-20-30-21-18-25(22-30)27(26(28)31,23-14-8-6-9-15-23)24-16-10-7-11-17-24;11-17(12,13)9-5-1-3-7-8(9)4-2-6-10(7)18(14,15)16/h6-11,14-17,25,29H,2-5,12-13,18-22H2,1H3,(H2,28,31);1-6H,(H,11,12,13)(H,14,15,16)/t25-;/m1./s1. The minimum absolute atomic E-state index is 0.0233. The van der Waals surface area contributed by atoms with Crippen molar-refractivity contribution in [2.45, 2.75) is 60.2 Å². The molecule has 1 heterocycles. The third-order valence-electron chi connectivity index (χ3n) is 9.28. The van der Waals surface area contributed by atoms with Crippen molar-refractivity contribution in [3.05, 3.63) is 108 Å². The molecule has 0 unspecified atom stereocenters. The largest absolute Gasteiger partial charge is 0.369 e. The lowest BCUT2D eigenvalue weighted by Crippen LogP contribution is -2.49. The van der Waals surface area contributed by atoms with E-state index in [0.717, 1.165) is 55.9 Å². The van der Waals surface area contributed by atoms with Gasteiger partial charge in [0.2, 0.25) is 5.91 Å². The second-order valence-corrected chi connectivity index (χ2v) is 15.3. The fraction of sp³-hybridized carbons (Fsp3) is 0.378. The second kappa shape index (κ2) is 17.3. The molecule has 0 bridgehead atoms. The summed E-state index contributed by atoms with van der Waals surface area (Å²) < 4.78 is 62.7. The maximum absolute atomic E-state index is 13.1. The molecule has 0 saturated carbocycles. The number of rotatable bonds is 15. The molecule has 1 fully saturated rings. The summed E-state index contributed by atoms with van der Waals surface area (Å²) in [6, 6.07) is 27.8. The first-order chi connectivity index (χ1) is 23.4. The lowest BCUT2D eigenvalue weighted by molar-refractivity contribution is -0.123. The van der Waals surface area contributed by atoms with Gasteiger partial charge in [0.1, 0.15) is 15.2 Å². The van der Waals surface area contributed by atoms with E-state index in [-0.39, 0.29) is 22.6 Å². The molecule has 10 nitrogen and oxygen atoms in total. The van der Waals surface area contributed by atoms with Crippen LogP contribution in [0.5, 0.6) is 0 Å². The minimum Gasteiger partial charge on any atom is -0.369 e. The fourth-order valence-electron chi connectivity index (χ4n) is 6.96. The molecule has 1 aliphatic rings. The van der Waals surface area contributed by atoms with Gasteiger partial charge in [-0.25, -0.2) is 0 Å². The Morgan fingerprint density at radius 3 is 1.65 bits per heavy atom. The zero-order valence-corrected chi connectivity index (χ0v) is 29.5. The predicted octanol–water partition coefficient (Wildman–Crippen LogP) is 5.67. The lowest BCUT2D eigenvalue weighted by Gasteiger charge is -2.37. The molecular weight excluding hydrogens is 663 g/mol. The number of amides is 1. The number of nitrogens with zero attached hydrogens (tertiary/aromatic N) is 1. The Bertz CT molecular complexity index is 1780. The average molecular weight is 710 g/mol.